The maximum absolute atomic E-state index is 12.1. The van der Waals surface area contributed by atoms with Crippen molar-refractivity contribution < 1.29 is 14.7 Å². The van der Waals surface area contributed by atoms with Crippen molar-refractivity contribution in [2.75, 3.05) is 6.54 Å². The zero-order chi connectivity index (χ0) is 22.7. The summed E-state index contributed by atoms with van der Waals surface area (Å²) in [6, 6.07) is 3.99. The van der Waals surface area contributed by atoms with E-state index in [0.717, 1.165) is 32.9 Å². The first-order chi connectivity index (χ1) is 14.7. The average Bonchev–Trinajstić information content (AvgIpc) is 3.07. The predicted molar refractivity (Wildman–Crippen MR) is 113 cm³/mol. The van der Waals surface area contributed by atoms with Gasteiger partial charge in [-0.25, -0.2) is 9.78 Å². The number of carbonyl (C=O) groups excluding carboxylic acids is 2. The van der Waals surface area contributed by atoms with Crippen molar-refractivity contribution >= 4 is 22.8 Å². The number of nitrogens with one attached hydrogen (secondary N) is 2. The van der Waals surface area contributed by atoms with Gasteiger partial charge in [-0.15, -0.1) is 0 Å². The van der Waals surface area contributed by atoms with Gasteiger partial charge in [-0.1, -0.05) is 0 Å². The maximum atomic E-state index is 12.1. The zero-order valence-electron chi connectivity index (χ0n) is 17.2. The smallest absolute Gasteiger partial charge is 0.328 e. The lowest BCUT2D eigenvalue weighted by Gasteiger charge is -2.14. The van der Waals surface area contributed by atoms with Gasteiger partial charge >= 0.3 is 5.69 Å². The molecule has 0 radical (unpaired) electrons. The highest BCUT2D eigenvalue weighted by molar-refractivity contribution is 5.92. The van der Waals surface area contributed by atoms with Crippen molar-refractivity contribution in [1.29, 1.82) is 0 Å². The molecule has 11 nitrogen and oxygen atoms in total. The number of fused-ring (bicyclic) bond motifs is 1. The van der Waals surface area contributed by atoms with Crippen molar-refractivity contribution in [1.82, 2.24) is 24.4 Å². The van der Waals surface area contributed by atoms with Crippen LogP contribution < -0.4 is 22.3 Å². The fourth-order valence-electron chi connectivity index (χ4n) is 3.14. The van der Waals surface area contributed by atoms with Gasteiger partial charge in [0, 0.05) is 25.7 Å². The first kappa shape index (κ1) is 22.0. The van der Waals surface area contributed by atoms with Crippen LogP contribution in [0.1, 0.15) is 27.9 Å². The summed E-state index contributed by atoms with van der Waals surface area (Å²) >= 11 is 0. The van der Waals surface area contributed by atoms with Crippen LogP contribution in [0.25, 0.3) is 11.0 Å². The van der Waals surface area contributed by atoms with Gasteiger partial charge in [0.05, 0.1) is 30.0 Å². The van der Waals surface area contributed by atoms with Crippen LogP contribution in [-0.4, -0.2) is 48.7 Å². The fraction of sp³-hybridized carbons (Fsp3) is 0.350. The molecule has 2 heterocycles. The molecule has 11 heteroatoms. The van der Waals surface area contributed by atoms with Crippen LogP contribution >= 0.6 is 0 Å². The zero-order valence-corrected chi connectivity index (χ0v) is 17.2. The summed E-state index contributed by atoms with van der Waals surface area (Å²) in [7, 11) is 0. The Morgan fingerprint density at radius 1 is 1.23 bits per heavy atom. The van der Waals surface area contributed by atoms with Crippen molar-refractivity contribution in [3.05, 3.63) is 62.2 Å². The van der Waals surface area contributed by atoms with E-state index in [0.29, 0.717) is 0 Å². The minimum atomic E-state index is -0.972. The number of carbonyl (C=O) groups is 2. The van der Waals surface area contributed by atoms with E-state index < -0.39 is 29.2 Å². The van der Waals surface area contributed by atoms with E-state index in [1.807, 2.05) is 35.5 Å². The van der Waals surface area contributed by atoms with Gasteiger partial charge in [0.2, 0.25) is 5.91 Å². The highest BCUT2D eigenvalue weighted by atomic mass is 16.3. The number of benzene rings is 1. The molecule has 0 aliphatic carbocycles. The van der Waals surface area contributed by atoms with Crippen LogP contribution in [0.5, 0.6) is 0 Å². The van der Waals surface area contributed by atoms with Crippen LogP contribution in [0.3, 0.4) is 0 Å². The van der Waals surface area contributed by atoms with Crippen LogP contribution in [0.2, 0.25) is 0 Å². The van der Waals surface area contributed by atoms with Crippen molar-refractivity contribution in [2.24, 2.45) is 5.73 Å². The molecule has 1 aromatic carbocycles. The van der Waals surface area contributed by atoms with E-state index in [-0.39, 0.29) is 31.6 Å². The SMILES string of the molecule is Cc1cc2ncn(CC(O)CNC(=O)CCn3cc(C(N)=O)c(=O)[nH]c3=O)c2cc1C. The monoisotopic (exact) mass is 428 g/mol. The van der Waals surface area contributed by atoms with E-state index in [2.05, 4.69) is 10.3 Å². The molecule has 164 valence electrons. The molecule has 2 aromatic heterocycles. The Labute approximate surface area is 176 Å². The number of primary amides is 1. The van der Waals surface area contributed by atoms with Gasteiger partial charge in [0.15, 0.2) is 0 Å². The molecule has 31 heavy (non-hydrogen) atoms. The number of nitrogens with two attached hydrogens (primary N) is 1. The van der Waals surface area contributed by atoms with Gasteiger partial charge < -0.3 is 20.7 Å². The number of hydrogen-bond acceptors (Lipinski definition) is 6. The lowest BCUT2D eigenvalue weighted by molar-refractivity contribution is -0.121. The van der Waals surface area contributed by atoms with E-state index in [1.54, 1.807) is 6.33 Å². The predicted octanol–water partition coefficient (Wildman–Crippen LogP) is -0.831. The molecule has 1 unspecified atom stereocenters. The number of rotatable bonds is 8. The highest BCUT2D eigenvalue weighted by Crippen LogP contribution is 2.18. The molecule has 0 aliphatic heterocycles. The van der Waals surface area contributed by atoms with Crippen LogP contribution in [0.15, 0.2) is 34.2 Å². The minimum Gasteiger partial charge on any atom is -0.389 e. The molecular weight excluding hydrogens is 404 g/mol. The van der Waals surface area contributed by atoms with Gasteiger partial charge in [-0.2, -0.15) is 0 Å². The second kappa shape index (κ2) is 8.96. The number of nitrogens with zero attached hydrogens (tertiary/aromatic N) is 3. The number of amides is 2. The lowest BCUT2D eigenvalue weighted by Crippen LogP contribution is -2.37. The summed E-state index contributed by atoms with van der Waals surface area (Å²) in [5.41, 5.74) is 7.08. The van der Waals surface area contributed by atoms with Crippen LogP contribution in [0, 0.1) is 13.8 Å². The Morgan fingerprint density at radius 2 is 1.94 bits per heavy atom. The molecule has 0 aliphatic rings. The maximum Gasteiger partial charge on any atom is 0.328 e. The Balaban J connectivity index is 1.55. The number of aliphatic hydroxyl groups excluding tert-OH is 1. The van der Waals surface area contributed by atoms with E-state index in [9.17, 15) is 24.3 Å². The summed E-state index contributed by atoms with van der Waals surface area (Å²) in [4.78, 5) is 52.9. The molecule has 1 atom stereocenters. The Kier molecular flexibility index (Phi) is 6.35. The molecule has 3 aromatic rings. The first-order valence-corrected chi connectivity index (χ1v) is 9.66. The Morgan fingerprint density at radius 3 is 2.65 bits per heavy atom. The standard InChI is InChI=1S/C20H24N6O5/c1-11-5-15-16(6-12(11)2)26(10-23-15)8-13(27)7-22-17(28)3-4-25-9-14(18(21)29)19(30)24-20(25)31/h5-6,9-10,13,27H,3-4,7-8H2,1-2H3,(H2,21,29)(H,22,28)(H,24,30,31). The number of aryl methyl sites for hydroxylation is 3. The second-order valence-electron chi connectivity index (χ2n) is 7.39. The summed E-state index contributed by atoms with van der Waals surface area (Å²) in [6.45, 7) is 4.20. The van der Waals surface area contributed by atoms with E-state index in [4.69, 9.17) is 5.73 Å². The average molecular weight is 428 g/mol. The molecule has 5 N–H and O–H groups in total. The Hall–Kier alpha value is -3.73. The van der Waals surface area contributed by atoms with E-state index >= 15 is 0 Å². The molecule has 3 rings (SSSR count). The highest BCUT2D eigenvalue weighted by Gasteiger charge is 2.13. The molecular formula is C20H24N6O5. The Bertz CT molecular complexity index is 1260. The summed E-state index contributed by atoms with van der Waals surface area (Å²) in [5, 5.41) is 12.9. The molecule has 0 saturated heterocycles. The van der Waals surface area contributed by atoms with Crippen LogP contribution in [0.4, 0.5) is 0 Å². The number of aromatic nitrogens is 4. The quantitative estimate of drug-likeness (QED) is 0.365. The molecule has 0 bridgehead atoms. The molecule has 0 saturated carbocycles. The van der Waals surface area contributed by atoms with Crippen molar-refractivity contribution in [2.45, 2.75) is 39.5 Å². The topological polar surface area (TPSA) is 165 Å². The van der Waals surface area contributed by atoms with Gasteiger partial charge in [0.25, 0.3) is 11.5 Å². The van der Waals surface area contributed by atoms with E-state index in [1.165, 1.54) is 0 Å². The largest absolute Gasteiger partial charge is 0.389 e. The van der Waals surface area contributed by atoms with Crippen molar-refractivity contribution in [3.63, 3.8) is 0 Å². The van der Waals surface area contributed by atoms with Gasteiger partial charge in [-0.3, -0.25) is 23.9 Å². The number of aromatic amines is 1. The lowest BCUT2D eigenvalue weighted by atomic mass is 10.1. The third-order valence-electron chi connectivity index (χ3n) is 5.03. The summed E-state index contributed by atoms with van der Waals surface area (Å²) < 4.78 is 2.85. The first-order valence-electron chi connectivity index (χ1n) is 9.66. The second-order valence-corrected chi connectivity index (χ2v) is 7.39. The normalized spacial score (nSPS) is 12.1. The number of H-pyrrole nitrogens is 1. The molecule has 0 fully saturated rings. The summed E-state index contributed by atoms with van der Waals surface area (Å²) in [5.74, 6) is -1.38. The van der Waals surface area contributed by atoms with Crippen LogP contribution in [-0.2, 0) is 17.9 Å². The number of imidazole rings is 1. The summed E-state index contributed by atoms with van der Waals surface area (Å²) in [6.07, 6.45) is 1.73. The fourth-order valence-corrected chi connectivity index (χ4v) is 3.14. The van der Waals surface area contributed by atoms with Crippen molar-refractivity contribution in [3.8, 4) is 0 Å². The number of hydrogen-bond donors (Lipinski definition) is 4. The van der Waals surface area contributed by atoms with Gasteiger partial charge in [-0.05, 0) is 37.1 Å². The molecule has 0 spiro atoms. The molecule has 2 amide bonds. The van der Waals surface area contributed by atoms with Gasteiger partial charge in [0.1, 0.15) is 5.56 Å². The minimum absolute atomic E-state index is 0.0103. The number of aliphatic hydroxyl groups is 1. The third kappa shape index (κ3) is 5.07. The third-order valence-corrected chi connectivity index (χ3v) is 5.03.